The van der Waals surface area contributed by atoms with Gasteiger partial charge in [0.05, 0.1) is 0 Å². The maximum Gasteiger partial charge on any atom is 0.358 e. The summed E-state index contributed by atoms with van der Waals surface area (Å²) < 4.78 is 1.68. The Kier molecular flexibility index (Phi) is 4.81. The normalized spacial score (nSPS) is 10.7. The van der Waals surface area contributed by atoms with Gasteiger partial charge in [-0.3, -0.25) is 4.98 Å². The molecule has 0 fully saturated rings. The van der Waals surface area contributed by atoms with Gasteiger partial charge in [-0.05, 0) is 18.6 Å². The van der Waals surface area contributed by atoms with Crippen LogP contribution in [0.4, 0.5) is 0 Å². The SMILES string of the molecule is CCCCCCn1nnc(C(=O)O)c1-c1ccncc1. The molecule has 0 unspecified atom stereocenters. The lowest BCUT2D eigenvalue weighted by Gasteiger charge is -2.06. The number of carboxylic acids is 1. The zero-order valence-corrected chi connectivity index (χ0v) is 11.5. The summed E-state index contributed by atoms with van der Waals surface area (Å²) in [7, 11) is 0. The van der Waals surface area contributed by atoms with E-state index in [1.165, 1.54) is 6.42 Å². The Labute approximate surface area is 117 Å². The minimum atomic E-state index is -1.06. The Morgan fingerprint density at radius 1 is 1.25 bits per heavy atom. The van der Waals surface area contributed by atoms with Crippen molar-refractivity contribution in [3.63, 3.8) is 0 Å². The fourth-order valence-electron chi connectivity index (χ4n) is 2.10. The van der Waals surface area contributed by atoms with Crippen molar-refractivity contribution in [3.05, 3.63) is 30.2 Å². The fraction of sp³-hybridized carbons (Fsp3) is 0.429. The molecule has 1 N–H and O–H groups in total. The number of nitrogens with zero attached hydrogens (tertiary/aromatic N) is 4. The molecular weight excluding hydrogens is 256 g/mol. The number of hydrogen-bond donors (Lipinski definition) is 1. The topological polar surface area (TPSA) is 80.9 Å². The quantitative estimate of drug-likeness (QED) is 0.785. The molecule has 106 valence electrons. The van der Waals surface area contributed by atoms with Crippen molar-refractivity contribution in [1.29, 1.82) is 0 Å². The first-order valence-electron chi connectivity index (χ1n) is 6.81. The fourth-order valence-corrected chi connectivity index (χ4v) is 2.10. The predicted octanol–water partition coefficient (Wildman–Crippen LogP) is 2.62. The summed E-state index contributed by atoms with van der Waals surface area (Å²) in [6.07, 6.45) is 7.67. The molecule has 0 bridgehead atoms. The van der Waals surface area contributed by atoms with E-state index in [2.05, 4.69) is 22.2 Å². The molecule has 0 amide bonds. The minimum Gasteiger partial charge on any atom is -0.476 e. The lowest BCUT2D eigenvalue weighted by Crippen LogP contribution is -2.05. The van der Waals surface area contributed by atoms with Gasteiger partial charge in [-0.1, -0.05) is 31.4 Å². The Morgan fingerprint density at radius 3 is 2.65 bits per heavy atom. The van der Waals surface area contributed by atoms with Crippen LogP contribution in [0.5, 0.6) is 0 Å². The first-order valence-corrected chi connectivity index (χ1v) is 6.81. The highest BCUT2D eigenvalue weighted by Gasteiger charge is 2.20. The zero-order valence-electron chi connectivity index (χ0n) is 11.5. The summed E-state index contributed by atoms with van der Waals surface area (Å²) in [4.78, 5) is 15.2. The number of hydrogen-bond acceptors (Lipinski definition) is 4. The molecule has 0 aliphatic rings. The van der Waals surface area contributed by atoms with E-state index >= 15 is 0 Å². The van der Waals surface area contributed by atoms with Gasteiger partial charge in [-0.2, -0.15) is 0 Å². The molecule has 6 nitrogen and oxygen atoms in total. The van der Waals surface area contributed by atoms with E-state index < -0.39 is 5.97 Å². The molecule has 0 aliphatic heterocycles. The summed E-state index contributed by atoms with van der Waals surface area (Å²) in [6, 6.07) is 3.54. The van der Waals surface area contributed by atoms with E-state index in [-0.39, 0.29) is 5.69 Å². The van der Waals surface area contributed by atoms with Crippen LogP contribution >= 0.6 is 0 Å². The number of carboxylic acid groups (broad SMARTS) is 1. The number of aromatic carboxylic acids is 1. The van der Waals surface area contributed by atoms with Gasteiger partial charge in [0.2, 0.25) is 0 Å². The van der Waals surface area contributed by atoms with Crippen LogP contribution in [0.1, 0.15) is 43.1 Å². The second-order valence-electron chi connectivity index (χ2n) is 4.61. The lowest BCUT2D eigenvalue weighted by atomic mass is 10.1. The van der Waals surface area contributed by atoms with Crippen LogP contribution in [0.25, 0.3) is 11.3 Å². The Morgan fingerprint density at radius 2 is 2.00 bits per heavy atom. The number of unbranched alkanes of at least 4 members (excludes halogenated alkanes) is 3. The standard InChI is InChI=1S/C14H18N4O2/c1-2-3-4-5-10-18-13(11-6-8-15-9-7-11)12(14(19)20)16-17-18/h6-9H,2-5,10H2,1H3,(H,19,20). The molecule has 6 heteroatoms. The Bertz CT molecular complexity index is 566. The molecule has 0 atom stereocenters. The van der Waals surface area contributed by atoms with Gasteiger partial charge in [-0.25, -0.2) is 9.48 Å². The average Bonchev–Trinajstić information content (AvgIpc) is 2.88. The van der Waals surface area contributed by atoms with E-state index in [1.807, 2.05) is 0 Å². The van der Waals surface area contributed by atoms with Crippen LogP contribution in [0, 0.1) is 0 Å². The maximum atomic E-state index is 11.3. The molecule has 2 aromatic rings. The molecule has 2 heterocycles. The number of pyridine rings is 1. The van der Waals surface area contributed by atoms with Crippen molar-refractivity contribution in [2.24, 2.45) is 0 Å². The predicted molar refractivity (Wildman–Crippen MR) is 74.4 cm³/mol. The van der Waals surface area contributed by atoms with Crippen molar-refractivity contribution < 1.29 is 9.90 Å². The minimum absolute atomic E-state index is 0.00769. The van der Waals surface area contributed by atoms with E-state index in [4.69, 9.17) is 0 Å². The largest absolute Gasteiger partial charge is 0.476 e. The molecule has 0 radical (unpaired) electrons. The summed E-state index contributed by atoms with van der Waals surface area (Å²) in [5.41, 5.74) is 1.32. The maximum absolute atomic E-state index is 11.3. The number of carbonyl (C=O) groups is 1. The van der Waals surface area contributed by atoms with Crippen LogP contribution in [-0.2, 0) is 6.54 Å². The molecule has 20 heavy (non-hydrogen) atoms. The van der Waals surface area contributed by atoms with Crippen LogP contribution < -0.4 is 0 Å². The average molecular weight is 274 g/mol. The first-order chi connectivity index (χ1) is 9.74. The van der Waals surface area contributed by atoms with Gasteiger partial charge in [0.25, 0.3) is 0 Å². The van der Waals surface area contributed by atoms with E-state index in [0.717, 1.165) is 24.8 Å². The van der Waals surface area contributed by atoms with Gasteiger partial charge in [0, 0.05) is 24.5 Å². The van der Waals surface area contributed by atoms with Crippen molar-refractivity contribution in [2.45, 2.75) is 39.2 Å². The van der Waals surface area contributed by atoms with E-state index in [0.29, 0.717) is 12.2 Å². The molecule has 2 aromatic heterocycles. The smallest absolute Gasteiger partial charge is 0.358 e. The summed E-state index contributed by atoms with van der Waals surface area (Å²) >= 11 is 0. The van der Waals surface area contributed by atoms with Gasteiger partial charge in [-0.15, -0.1) is 5.10 Å². The highest BCUT2D eigenvalue weighted by atomic mass is 16.4. The molecule has 0 aliphatic carbocycles. The molecule has 0 saturated heterocycles. The summed E-state index contributed by atoms with van der Waals surface area (Å²) in [5.74, 6) is -1.06. The number of aromatic nitrogens is 4. The molecule has 0 saturated carbocycles. The second kappa shape index (κ2) is 6.79. The van der Waals surface area contributed by atoms with Crippen molar-refractivity contribution in [3.8, 4) is 11.3 Å². The van der Waals surface area contributed by atoms with Crippen molar-refractivity contribution in [1.82, 2.24) is 20.0 Å². The van der Waals surface area contributed by atoms with Crippen LogP contribution in [-0.4, -0.2) is 31.1 Å². The monoisotopic (exact) mass is 274 g/mol. The molecule has 2 rings (SSSR count). The van der Waals surface area contributed by atoms with Gasteiger partial charge in [0.1, 0.15) is 5.69 Å². The van der Waals surface area contributed by atoms with E-state index in [9.17, 15) is 9.90 Å². The number of aryl methyl sites for hydroxylation is 1. The molecule has 0 spiro atoms. The van der Waals surface area contributed by atoms with Crippen LogP contribution in [0.15, 0.2) is 24.5 Å². The van der Waals surface area contributed by atoms with Crippen LogP contribution in [0.3, 0.4) is 0 Å². The highest BCUT2D eigenvalue weighted by molar-refractivity contribution is 5.92. The van der Waals surface area contributed by atoms with E-state index in [1.54, 1.807) is 29.2 Å². The summed E-state index contributed by atoms with van der Waals surface area (Å²) in [6.45, 7) is 2.83. The third kappa shape index (κ3) is 3.20. The lowest BCUT2D eigenvalue weighted by molar-refractivity contribution is 0.0691. The number of rotatable bonds is 7. The van der Waals surface area contributed by atoms with Crippen molar-refractivity contribution >= 4 is 5.97 Å². The second-order valence-corrected chi connectivity index (χ2v) is 4.61. The van der Waals surface area contributed by atoms with Crippen LogP contribution in [0.2, 0.25) is 0 Å². The highest BCUT2D eigenvalue weighted by Crippen LogP contribution is 2.22. The van der Waals surface area contributed by atoms with Crippen molar-refractivity contribution in [2.75, 3.05) is 0 Å². The Hall–Kier alpha value is -2.24. The van der Waals surface area contributed by atoms with Gasteiger partial charge >= 0.3 is 5.97 Å². The first kappa shape index (κ1) is 14.2. The summed E-state index contributed by atoms with van der Waals surface area (Å²) in [5, 5.41) is 17.0. The third-order valence-electron chi connectivity index (χ3n) is 3.11. The zero-order chi connectivity index (χ0) is 14.4. The molecule has 0 aromatic carbocycles. The molecular formula is C14H18N4O2. The van der Waals surface area contributed by atoms with Gasteiger partial charge < -0.3 is 5.11 Å². The Balaban J connectivity index is 2.26. The van der Waals surface area contributed by atoms with Gasteiger partial charge in [0.15, 0.2) is 5.69 Å². The third-order valence-corrected chi connectivity index (χ3v) is 3.11.